The Labute approximate surface area is 124 Å². The predicted molar refractivity (Wildman–Crippen MR) is 84.9 cm³/mol. The highest BCUT2D eigenvalue weighted by molar-refractivity contribution is 5.74. The number of carbonyl (C=O) groups is 1. The minimum Gasteiger partial charge on any atom is -0.336 e. The van der Waals surface area contributed by atoms with E-state index in [4.69, 9.17) is 0 Å². The first-order chi connectivity index (χ1) is 9.30. The molecule has 1 N–H and O–H groups in total. The molecule has 1 aliphatic heterocycles. The van der Waals surface area contributed by atoms with Crippen LogP contribution in [0.25, 0.3) is 0 Å². The van der Waals surface area contributed by atoms with Crippen LogP contribution < -0.4 is 5.32 Å². The minimum absolute atomic E-state index is 0.0196. The summed E-state index contributed by atoms with van der Waals surface area (Å²) in [4.78, 5) is 16.4. The Morgan fingerprint density at radius 1 is 1.20 bits per heavy atom. The highest BCUT2D eigenvalue weighted by Gasteiger charge is 2.33. The highest BCUT2D eigenvalue weighted by atomic mass is 16.2. The zero-order chi connectivity index (χ0) is 15.3. The second kappa shape index (κ2) is 7.30. The van der Waals surface area contributed by atoms with Gasteiger partial charge in [-0.2, -0.15) is 0 Å². The first kappa shape index (κ1) is 17.3. The molecular weight excluding hydrogens is 250 g/mol. The second-order valence-corrected chi connectivity index (χ2v) is 6.99. The summed E-state index contributed by atoms with van der Waals surface area (Å²) in [5.41, 5.74) is 0.0196. The van der Waals surface area contributed by atoms with Crippen molar-refractivity contribution in [2.75, 3.05) is 32.7 Å². The fraction of sp³-hybridized carbons (Fsp3) is 0.938. The predicted octanol–water partition coefficient (Wildman–Crippen LogP) is 2.79. The lowest BCUT2D eigenvalue weighted by Crippen LogP contribution is -2.57. The quantitative estimate of drug-likeness (QED) is 0.842. The van der Waals surface area contributed by atoms with Crippen molar-refractivity contribution in [1.29, 1.82) is 0 Å². The molecule has 0 aliphatic carbocycles. The Hall–Kier alpha value is -0.770. The van der Waals surface area contributed by atoms with Gasteiger partial charge in [-0.1, -0.05) is 13.8 Å². The first-order valence-corrected chi connectivity index (χ1v) is 8.08. The molecule has 2 amide bonds. The van der Waals surface area contributed by atoms with E-state index in [1.165, 1.54) is 6.42 Å². The lowest BCUT2D eigenvalue weighted by atomic mass is 9.88. The molecule has 0 aromatic carbocycles. The van der Waals surface area contributed by atoms with Crippen LogP contribution in [0.15, 0.2) is 0 Å². The lowest BCUT2D eigenvalue weighted by Gasteiger charge is -2.45. The van der Waals surface area contributed by atoms with Gasteiger partial charge in [0.1, 0.15) is 0 Å². The molecule has 1 saturated heterocycles. The Kier molecular flexibility index (Phi) is 6.31. The van der Waals surface area contributed by atoms with E-state index >= 15 is 0 Å². The van der Waals surface area contributed by atoms with Crippen LogP contribution in [0.2, 0.25) is 0 Å². The topological polar surface area (TPSA) is 35.6 Å². The fourth-order valence-electron chi connectivity index (χ4n) is 3.18. The van der Waals surface area contributed by atoms with Crippen LogP contribution in [-0.4, -0.2) is 54.1 Å². The van der Waals surface area contributed by atoms with E-state index in [1.807, 2.05) is 18.7 Å². The van der Waals surface area contributed by atoms with Crippen LogP contribution in [0, 0.1) is 11.8 Å². The van der Waals surface area contributed by atoms with E-state index in [9.17, 15) is 4.79 Å². The molecule has 4 nitrogen and oxygen atoms in total. The summed E-state index contributed by atoms with van der Waals surface area (Å²) >= 11 is 0. The van der Waals surface area contributed by atoms with Gasteiger partial charge in [-0.25, -0.2) is 4.79 Å². The largest absolute Gasteiger partial charge is 0.336 e. The minimum atomic E-state index is 0.0196. The third-order valence-corrected chi connectivity index (χ3v) is 4.45. The Morgan fingerprint density at radius 3 is 2.15 bits per heavy atom. The molecular formula is C16H33N3O. The summed E-state index contributed by atoms with van der Waals surface area (Å²) in [6, 6.07) is 0.0566. The monoisotopic (exact) mass is 283 g/mol. The molecule has 118 valence electrons. The van der Waals surface area contributed by atoms with Gasteiger partial charge in [0.25, 0.3) is 0 Å². The zero-order valence-corrected chi connectivity index (χ0v) is 14.2. The van der Waals surface area contributed by atoms with E-state index in [1.54, 1.807) is 0 Å². The van der Waals surface area contributed by atoms with Crippen LogP contribution in [-0.2, 0) is 0 Å². The van der Waals surface area contributed by atoms with Gasteiger partial charge in [-0.05, 0) is 46.0 Å². The molecule has 1 fully saturated rings. The normalized spacial score (nSPS) is 24.5. The number of hydrogen-bond acceptors (Lipinski definition) is 2. The number of amides is 2. The van der Waals surface area contributed by atoms with Crippen molar-refractivity contribution in [1.82, 2.24) is 15.1 Å². The van der Waals surface area contributed by atoms with Gasteiger partial charge in [0.05, 0.1) is 0 Å². The molecule has 0 saturated carbocycles. The summed E-state index contributed by atoms with van der Waals surface area (Å²) < 4.78 is 0. The Balaban J connectivity index is 2.54. The summed E-state index contributed by atoms with van der Waals surface area (Å²) in [6.45, 7) is 17.7. The average Bonchev–Trinajstić information content (AvgIpc) is 2.37. The molecule has 1 aliphatic rings. The van der Waals surface area contributed by atoms with Gasteiger partial charge in [0.2, 0.25) is 0 Å². The smallest absolute Gasteiger partial charge is 0.317 e. The molecule has 2 atom stereocenters. The maximum Gasteiger partial charge on any atom is 0.317 e. The molecule has 1 rings (SSSR count). The number of carbonyl (C=O) groups excluding carboxylic acids is 1. The summed E-state index contributed by atoms with van der Waals surface area (Å²) in [7, 11) is 0. The zero-order valence-electron chi connectivity index (χ0n) is 14.2. The van der Waals surface area contributed by atoms with Crippen LogP contribution in [0.3, 0.4) is 0 Å². The van der Waals surface area contributed by atoms with Crippen LogP contribution in [0.1, 0.15) is 48.0 Å². The maximum atomic E-state index is 12.1. The number of hydrogen-bond donors (Lipinski definition) is 1. The molecule has 20 heavy (non-hydrogen) atoms. The number of rotatable bonds is 5. The third kappa shape index (κ3) is 4.65. The van der Waals surface area contributed by atoms with Gasteiger partial charge in [-0.15, -0.1) is 0 Å². The van der Waals surface area contributed by atoms with Gasteiger partial charge in [0.15, 0.2) is 0 Å². The average molecular weight is 283 g/mol. The van der Waals surface area contributed by atoms with Crippen LogP contribution in [0.4, 0.5) is 4.79 Å². The van der Waals surface area contributed by atoms with E-state index in [0.29, 0.717) is 6.54 Å². The standard InChI is InChI=1S/C16H33N3O/c1-7-18(8-2)15(20)17-12-16(5,6)19-10-13(3)9-14(4)11-19/h13-14H,7-12H2,1-6H3,(H,17,20). The number of piperidine rings is 1. The van der Waals surface area contributed by atoms with Crippen molar-refractivity contribution in [3.8, 4) is 0 Å². The molecule has 2 unspecified atom stereocenters. The summed E-state index contributed by atoms with van der Waals surface area (Å²) in [5, 5.41) is 3.10. The maximum absolute atomic E-state index is 12.1. The summed E-state index contributed by atoms with van der Waals surface area (Å²) in [6.07, 6.45) is 1.32. The third-order valence-electron chi connectivity index (χ3n) is 4.45. The van der Waals surface area contributed by atoms with Crippen LogP contribution in [0.5, 0.6) is 0 Å². The van der Waals surface area contributed by atoms with Crippen LogP contribution >= 0.6 is 0 Å². The SMILES string of the molecule is CCN(CC)C(=O)NCC(C)(C)N1CC(C)CC(C)C1. The number of likely N-dealkylation sites (tertiary alicyclic amines) is 1. The molecule has 0 bridgehead atoms. The second-order valence-electron chi connectivity index (χ2n) is 6.99. The van der Waals surface area contributed by atoms with Crippen molar-refractivity contribution in [3.05, 3.63) is 0 Å². The number of urea groups is 1. The van der Waals surface area contributed by atoms with E-state index in [0.717, 1.165) is 38.0 Å². The van der Waals surface area contributed by atoms with Gasteiger partial charge < -0.3 is 10.2 Å². The van der Waals surface area contributed by atoms with E-state index in [-0.39, 0.29) is 11.6 Å². The van der Waals surface area contributed by atoms with Gasteiger partial charge in [0, 0.05) is 38.3 Å². The van der Waals surface area contributed by atoms with E-state index < -0.39 is 0 Å². The van der Waals surface area contributed by atoms with Gasteiger partial charge >= 0.3 is 6.03 Å². The lowest BCUT2D eigenvalue weighted by molar-refractivity contribution is 0.0464. The molecule has 0 spiro atoms. The van der Waals surface area contributed by atoms with Crippen molar-refractivity contribution in [2.24, 2.45) is 11.8 Å². The Morgan fingerprint density at radius 2 is 1.70 bits per heavy atom. The summed E-state index contributed by atoms with van der Waals surface area (Å²) in [5.74, 6) is 1.49. The highest BCUT2D eigenvalue weighted by Crippen LogP contribution is 2.26. The Bertz CT molecular complexity index is 303. The van der Waals surface area contributed by atoms with Crippen molar-refractivity contribution >= 4 is 6.03 Å². The van der Waals surface area contributed by atoms with E-state index in [2.05, 4.69) is 37.9 Å². The molecule has 0 aromatic rings. The molecule has 4 heteroatoms. The van der Waals surface area contributed by atoms with Gasteiger partial charge in [-0.3, -0.25) is 4.90 Å². The molecule has 0 radical (unpaired) electrons. The molecule has 1 heterocycles. The number of nitrogens with one attached hydrogen (secondary N) is 1. The fourth-order valence-corrected chi connectivity index (χ4v) is 3.18. The number of nitrogens with zero attached hydrogens (tertiary/aromatic N) is 2. The van der Waals surface area contributed by atoms with Crippen molar-refractivity contribution in [3.63, 3.8) is 0 Å². The van der Waals surface area contributed by atoms with Crippen molar-refractivity contribution in [2.45, 2.75) is 53.5 Å². The first-order valence-electron chi connectivity index (χ1n) is 8.08. The molecule has 0 aromatic heterocycles. The van der Waals surface area contributed by atoms with Crippen molar-refractivity contribution < 1.29 is 4.79 Å².